The van der Waals surface area contributed by atoms with E-state index in [1.165, 1.54) is 0 Å². The highest BCUT2D eigenvalue weighted by Crippen LogP contribution is 2.58. The van der Waals surface area contributed by atoms with Gasteiger partial charge in [0.15, 0.2) is 0 Å². The zero-order chi connectivity index (χ0) is 41.7. The first-order valence-electron chi connectivity index (χ1n) is 22.0. The number of ether oxygens (including phenoxy) is 8. The van der Waals surface area contributed by atoms with Gasteiger partial charge in [0.25, 0.3) is 0 Å². The highest BCUT2D eigenvalue weighted by atomic mass is 16.7. The monoisotopic (exact) mass is 821 g/mol. The highest BCUT2D eigenvalue weighted by molar-refractivity contribution is 5.69. The molecule has 9 rings (SSSR count). The Bertz CT molecular complexity index is 1850. The van der Waals surface area contributed by atoms with Crippen LogP contribution in [0.3, 0.4) is 0 Å². The molecule has 0 saturated carbocycles. The van der Waals surface area contributed by atoms with Crippen molar-refractivity contribution in [2.75, 3.05) is 27.2 Å². The fourth-order valence-electron chi connectivity index (χ4n) is 10.8. The molecule has 0 radical (unpaired) electrons. The summed E-state index contributed by atoms with van der Waals surface area (Å²) in [4.78, 5) is 0. The molecule has 4 aromatic carbocycles. The Morgan fingerprint density at radius 2 is 0.583 bits per heavy atom. The molecule has 8 bridgehead atoms. The molecule has 320 valence electrons. The van der Waals surface area contributed by atoms with Gasteiger partial charge in [-0.2, -0.15) is 0 Å². The topological polar surface area (TPSA) is 172 Å². The third kappa shape index (κ3) is 6.32. The highest BCUT2D eigenvalue weighted by Gasteiger charge is 2.40. The van der Waals surface area contributed by atoms with Crippen LogP contribution in [0, 0.1) is 0 Å². The van der Waals surface area contributed by atoms with Gasteiger partial charge < -0.3 is 60.2 Å². The van der Waals surface area contributed by atoms with Gasteiger partial charge in [-0.25, -0.2) is 0 Å². The van der Waals surface area contributed by atoms with Gasteiger partial charge >= 0.3 is 0 Å². The minimum Gasteiger partial charge on any atom is -0.457 e. The van der Waals surface area contributed by atoms with Crippen LogP contribution in [0.2, 0.25) is 0 Å². The lowest BCUT2D eigenvalue weighted by Crippen LogP contribution is -2.26. The van der Waals surface area contributed by atoms with Gasteiger partial charge in [0.2, 0.25) is 27.2 Å². The number of aliphatic hydroxyl groups excluding tert-OH is 1. The second-order valence-electron chi connectivity index (χ2n) is 16.5. The van der Waals surface area contributed by atoms with Crippen molar-refractivity contribution in [2.24, 2.45) is 17.2 Å². The van der Waals surface area contributed by atoms with Crippen LogP contribution in [0.1, 0.15) is 169 Å². The molecular weight excluding hydrogens is 763 g/mol. The first-order valence-corrected chi connectivity index (χ1v) is 22.0. The Balaban J connectivity index is 1.50. The molecule has 4 aromatic rings. The minimum atomic E-state index is -0.304. The minimum absolute atomic E-state index is 0.0668. The molecule has 7 N–H and O–H groups in total. The van der Waals surface area contributed by atoms with Gasteiger partial charge in [-0.15, -0.1) is 0 Å². The summed E-state index contributed by atoms with van der Waals surface area (Å²) in [6, 6.07) is 9.17. The molecule has 0 amide bonds. The zero-order valence-corrected chi connectivity index (χ0v) is 35.4. The molecule has 4 aliphatic heterocycles. The number of hydrogen-bond acceptors (Lipinski definition) is 12. The maximum atomic E-state index is 11.3. The molecule has 5 aliphatic rings. The summed E-state index contributed by atoms with van der Waals surface area (Å²) in [5.41, 5.74) is 31.2. The molecule has 0 spiro atoms. The van der Waals surface area contributed by atoms with Crippen molar-refractivity contribution < 1.29 is 43.0 Å². The Morgan fingerprint density at radius 1 is 0.383 bits per heavy atom. The van der Waals surface area contributed by atoms with Crippen molar-refractivity contribution in [3.8, 4) is 46.0 Å². The SMILES string of the molecule is CCC[C@@H]1c2cc3c4c(CN)c2OCOc2c1cc1c(c2CN)OCOc2c(cc5c(c2CO)OCOc2c(cc(c(c2CN)OCO4)[C@@H]3CCC)[C@H]5CCC)[C@@H]1CCC. The quantitative estimate of drug-likeness (QED) is 0.108. The molecule has 4 heterocycles. The van der Waals surface area contributed by atoms with Crippen molar-refractivity contribution in [1.82, 2.24) is 0 Å². The predicted molar refractivity (Wildman–Crippen MR) is 227 cm³/mol. The molecule has 1 aliphatic carbocycles. The van der Waals surface area contributed by atoms with Crippen LogP contribution in [-0.4, -0.2) is 32.3 Å². The summed E-state index contributed by atoms with van der Waals surface area (Å²) in [6.07, 6.45) is 6.69. The molecule has 12 heteroatoms. The normalized spacial score (nSPS) is 20.3. The molecule has 12 nitrogen and oxygen atoms in total. The number of rotatable bonds is 12. The van der Waals surface area contributed by atoms with E-state index in [0.717, 1.165) is 113 Å². The van der Waals surface area contributed by atoms with Crippen molar-refractivity contribution >= 4 is 0 Å². The van der Waals surface area contributed by atoms with Gasteiger partial charge in [0.1, 0.15) is 46.0 Å². The van der Waals surface area contributed by atoms with E-state index >= 15 is 0 Å². The van der Waals surface area contributed by atoms with Crippen LogP contribution in [0.5, 0.6) is 46.0 Å². The second kappa shape index (κ2) is 16.9. The van der Waals surface area contributed by atoms with E-state index in [0.29, 0.717) is 51.6 Å². The summed E-state index contributed by atoms with van der Waals surface area (Å²) in [5, 5.41) is 11.3. The van der Waals surface area contributed by atoms with E-state index in [1.54, 1.807) is 0 Å². The van der Waals surface area contributed by atoms with Gasteiger partial charge in [-0.3, -0.25) is 0 Å². The van der Waals surface area contributed by atoms with Crippen LogP contribution in [-0.2, 0) is 26.2 Å². The Hall–Kier alpha value is -4.88. The molecule has 0 saturated heterocycles. The van der Waals surface area contributed by atoms with Crippen molar-refractivity contribution in [1.29, 1.82) is 0 Å². The molecule has 60 heavy (non-hydrogen) atoms. The van der Waals surface area contributed by atoms with Crippen LogP contribution in [0.25, 0.3) is 0 Å². The molecule has 0 fully saturated rings. The van der Waals surface area contributed by atoms with Crippen LogP contribution in [0.4, 0.5) is 0 Å². The van der Waals surface area contributed by atoms with E-state index in [-0.39, 0.29) is 77.1 Å². The summed E-state index contributed by atoms with van der Waals surface area (Å²) < 4.78 is 53.1. The maximum absolute atomic E-state index is 11.3. The number of aliphatic hydroxyl groups is 1. The predicted octanol–water partition coefficient (Wildman–Crippen LogP) is 8.51. The first-order chi connectivity index (χ1) is 29.5. The van der Waals surface area contributed by atoms with E-state index in [1.807, 2.05) is 0 Å². The Labute approximate surface area is 352 Å². The lowest BCUT2D eigenvalue weighted by molar-refractivity contribution is 0.0927. The third-order valence-electron chi connectivity index (χ3n) is 13.2. The summed E-state index contributed by atoms with van der Waals surface area (Å²) in [6.45, 7) is 8.68. The molecular formula is C48H59N3O9. The molecule has 0 unspecified atom stereocenters. The van der Waals surface area contributed by atoms with Gasteiger partial charge in [0.05, 0.1) is 28.9 Å². The van der Waals surface area contributed by atoms with Gasteiger partial charge in [0, 0.05) is 87.8 Å². The summed E-state index contributed by atoms with van der Waals surface area (Å²) in [7, 11) is 0. The largest absolute Gasteiger partial charge is 0.457 e. The van der Waals surface area contributed by atoms with E-state index in [9.17, 15) is 5.11 Å². The van der Waals surface area contributed by atoms with Crippen LogP contribution in [0.15, 0.2) is 24.3 Å². The number of benzene rings is 4. The summed E-state index contributed by atoms with van der Waals surface area (Å²) in [5.74, 6) is 4.48. The lowest BCUT2D eigenvalue weighted by Gasteiger charge is -2.37. The van der Waals surface area contributed by atoms with Gasteiger partial charge in [-0.05, 0) is 49.9 Å². The fourth-order valence-corrected chi connectivity index (χ4v) is 10.8. The van der Waals surface area contributed by atoms with Crippen LogP contribution >= 0.6 is 0 Å². The number of hydrogen-bond donors (Lipinski definition) is 4. The Kier molecular flexibility index (Phi) is 11.4. The standard InChI is InChI=1S/C48H59N3O9/c1-5-9-25-29-13-30-26(10-6-2)32-15-34-28(12-8-4)36-16-35-27(11-7-3)33-14-31(25)43-38(18-50)45(33)57-23-59-47(35)40(20-52)48(36)60-24-58-46(34)39(19-51)44(32)56-22-54-42(30)37(17-49)41(29)53-21-55-43/h13-16,25-28,52H,5-12,17-24,49-51H2,1-4H3/t25-,26-,27-,28-/m1/s1. The molecule has 0 aromatic heterocycles. The molecule has 4 atom stereocenters. The van der Waals surface area contributed by atoms with Crippen molar-refractivity contribution in [3.05, 3.63) is 91.0 Å². The van der Waals surface area contributed by atoms with Crippen molar-refractivity contribution in [3.63, 3.8) is 0 Å². The first kappa shape index (κ1) is 40.5. The lowest BCUT2D eigenvalue weighted by atomic mass is 9.74. The maximum Gasteiger partial charge on any atom is 0.230 e. The van der Waals surface area contributed by atoms with Crippen molar-refractivity contribution in [2.45, 2.75) is 129 Å². The van der Waals surface area contributed by atoms with E-state index in [4.69, 9.17) is 55.1 Å². The average molecular weight is 822 g/mol. The third-order valence-corrected chi connectivity index (χ3v) is 13.2. The summed E-state index contributed by atoms with van der Waals surface area (Å²) >= 11 is 0. The Morgan fingerprint density at radius 3 is 0.750 bits per heavy atom. The van der Waals surface area contributed by atoms with Crippen LogP contribution < -0.4 is 55.1 Å². The smallest absolute Gasteiger partial charge is 0.230 e. The fraction of sp³-hybridized carbons (Fsp3) is 0.500. The van der Waals surface area contributed by atoms with E-state index in [2.05, 4.69) is 52.0 Å². The average Bonchev–Trinajstić information content (AvgIpc) is 3.24. The van der Waals surface area contributed by atoms with E-state index < -0.39 is 0 Å². The zero-order valence-electron chi connectivity index (χ0n) is 35.4. The second-order valence-corrected chi connectivity index (χ2v) is 16.5. The van der Waals surface area contributed by atoms with Gasteiger partial charge in [-0.1, -0.05) is 53.4 Å². The number of nitrogens with two attached hydrogens (primary N) is 3.